The molecule has 0 spiro atoms. The Kier molecular flexibility index (Phi) is 6.12. The Labute approximate surface area is 197 Å². The average Bonchev–Trinajstić information content (AvgIpc) is 3.23. The predicted octanol–water partition coefficient (Wildman–Crippen LogP) is 2.14. The van der Waals surface area contributed by atoms with Crippen molar-refractivity contribution >= 4 is 17.7 Å². The Hall–Kier alpha value is -2.49. The summed E-state index contributed by atoms with van der Waals surface area (Å²) < 4.78 is 37.4. The Bertz CT molecular complexity index is 943. The number of hydrogen-bond donors (Lipinski definition) is 1. The minimum absolute atomic E-state index is 0.303. The molecule has 0 aromatic carbocycles. The number of carbonyl (C=O) groups excluding carboxylic acids is 2. The van der Waals surface area contributed by atoms with Crippen molar-refractivity contribution in [3.8, 4) is 5.75 Å². The van der Waals surface area contributed by atoms with Gasteiger partial charge >= 0.3 is 5.97 Å². The molecule has 186 valence electrons. The maximum atomic E-state index is 13.2. The average molecular weight is 479 g/mol. The number of halogens is 2. The van der Waals surface area contributed by atoms with Crippen LogP contribution in [0.5, 0.6) is 5.75 Å². The van der Waals surface area contributed by atoms with Gasteiger partial charge in [-0.2, -0.15) is 0 Å². The minimum Gasteiger partial charge on any atom is -0.493 e. The quantitative estimate of drug-likeness (QED) is 0.600. The molecule has 3 fully saturated rings. The first-order valence-electron chi connectivity index (χ1n) is 12.3. The SMILES string of the molecule is NC(=O)C1(OC(=O)C2CC2(F)F)CCC(CCN2CCN(c3nccc4c3CCO4)CC2)CC1. The second-order valence-electron chi connectivity index (χ2n) is 10.1. The number of pyridine rings is 1. The molecule has 0 radical (unpaired) electrons. The standard InChI is InChI=1S/C24H32F2N4O4/c25-24(26)15-18(24)21(31)34-23(22(27)32)6-1-16(2-7-23)4-9-29-10-12-30(13-11-29)20-17-5-14-33-19(17)3-8-28-20/h3,8,16,18H,1-2,4-7,9-15H2,(H2,27,32). The first kappa shape index (κ1) is 23.3. The fourth-order valence-corrected chi connectivity index (χ4v) is 5.48. The molecule has 2 aliphatic heterocycles. The van der Waals surface area contributed by atoms with Crippen LogP contribution in [0.15, 0.2) is 12.3 Å². The van der Waals surface area contributed by atoms with Crippen LogP contribution in [0, 0.1) is 11.8 Å². The third-order valence-corrected chi connectivity index (χ3v) is 7.89. The van der Waals surface area contributed by atoms with E-state index in [1.54, 1.807) is 0 Å². The number of ether oxygens (including phenoxy) is 2. The van der Waals surface area contributed by atoms with Gasteiger partial charge in [0.2, 0.25) is 0 Å². The van der Waals surface area contributed by atoms with E-state index in [1.807, 2.05) is 12.3 Å². The van der Waals surface area contributed by atoms with Crippen LogP contribution in [0.25, 0.3) is 0 Å². The summed E-state index contributed by atoms with van der Waals surface area (Å²) >= 11 is 0. The van der Waals surface area contributed by atoms with Crippen LogP contribution in [0.2, 0.25) is 0 Å². The molecule has 1 aromatic heterocycles. The van der Waals surface area contributed by atoms with Crippen molar-refractivity contribution in [3.05, 3.63) is 17.8 Å². The number of nitrogens with zero attached hydrogens (tertiary/aromatic N) is 3. The highest BCUT2D eigenvalue weighted by Crippen LogP contribution is 2.50. The number of amides is 1. The molecule has 1 saturated heterocycles. The van der Waals surface area contributed by atoms with Gasteiger partial charge < -0.3 is 20.1 Å². The number of carbonyl (C=O) groups is 2. The molecule has 2 aliphatic carbocycles. The molecule has 2 N–H and O–H groups in total. The van der Waals surface area contributed by atoms with Gasteiger partial charge in [-0.15, -0.1) is 0 Å². The summed E-state index contributed by atoms with van der Waals surface area (Å²) in [6.45, 7) is 5.42. The Morgan fingerprint density at radius 2 is 1.91 bits per heavy atom. The van der Waals surface area contributed by atoms with Gasteiger partial charge in [0.15, 0.2) is 5.60 Å². The number of rotatable bonds is 7. The highest BCUT2D eigenvalue weighted by molar-refractivity contribution is 5.88. The Morgan fingerprint density at radius 1 is 1.21 bits per heavy atom. The molecule has 1 atom stereocenters. The molecule has 5 rings (SSSR count). The first-order chi connectivity index (χ1) is 16.3. The minimum atomic E-state index is -3.01. The highest BCUT2D eigenvalue weighted by Gasteiger charge is 2.63. The smallest absolute Gasteiger partial charge is 0.316 e. The van der Waals surface area contributed by atoms with Crippen molar-refractivity contribution in [1.29, 1.82) is 0 Å². The van der Waals surface area contributed by atoms with E-state index in [0.717, 1.165) is 63.7 Å². The number of anilines is 1. The van der Waals surface area contributed by atoms with Gasteiger partial charge in [0.05, 0.1) is 6.61 Å². The Morgan fingerprint density at radius 3 is 2.56 bits per heavy atom. The van der Waals surface area contributed by atoms with E-state index in [4.69, 9.17) is 15.2 Å². The van der Waals surface area contributed by atoms with Gasteiger partial charge in [-0.1, -0.05) is 0 Å². The van der Waals surface area contributed by atoms with Crippen molar-refractivity contribution in [2.24, 2.45) is 17.6 Å². The predicted molar refractivity (Wildman–Crippen MR) is 120 cm³/mol. The van der Waals surface area contributed by atoms with Crippen molar-refractivity contribution in [2.45, 2.75) is 56.5 Å². The molecule has 34 heavy (non-hydrogen) atoms. The van der Waals surface area contributed by atoms with E-state index in [0.29, 0.717) is 31.6 Å². The molecule has 8 nitrogen and oxygen atoms in total. The van der Waals surface area contributed by atoms with Crippen molar-refractivity contribution in [2.75, 3.05) is 44.2 Å². The third kappa shape index (κ3) is 4.56. The van der Waals surface area contributed by atoms with E-state index < -0.39 is 35.7 Å². The third-order valence-electron chi connectivity index (χ3n) is 7.89. The monoisotopic (exact) mass is 478 g/mol. The largest absolute Gasteiger partial charge is 0.493 e. The van der Waals surface area contributed by atoms with E-state index in [-0.39, 0.29) is 0 Å². The second-order valence-corrected chi connectivity index (χ2v) is 10.1. The maximum absolute atomic E-state index is 13.2. The second kappa shape index (κ2) is 8.94. The molecule has 3 heterocycles. The van der Waals surface area contributed by atoms with Gasteiger partial charge in [-0.3, -0.25) is 14.5 Å². The number of aromatic nitrogens is 1. The summed E-state index contributed by atoms with van der Waals surface area (Å²) in [5.41, 5.74) is 5.31. The van der Waals surface area contributed by atoms with Gasteiger partial charge in [0.1, 0.15) is 17.5 Å². The molecule has 2 saturated carbocycles. The van der Waals surface area contributed by atoms with E-state index in [9.17, 15) is 18.4 Å². The molecular weight excluding hydrogens is 446 g/mol. The normalized spacial score (nSPS) is 30.4. The molecule has 4 aliphatic rings. The maximum Gasteiger partial charge on any atom is 0.316 e. The van der Waals surface area contributed by atoms with E-state index >= 15 is 0 Å². The highest BCUT2D eigenvalue weighted by atomic mass is 19.3. The lowest BCUT2D eigenvalue weighted by Gasteiger charge is -2.39. The lowest BCUT2D eigenvalue weighted by Crippen LogP contribution is -2.51. The van der Waals surface area contributed by atoms with Crippen molar-refractivity contribution in [1.82, 2.24) is 9.88 Å². The summed E-state index contributed by atoms with van der Waals surface area (Å²) in [7, 11) is 0. The Balaban J connectivity index is 1.07. The number of esters is 1. The van der Waals surface area contributed by atoms with E-state index in [1.165, 1.54) is 5.56 Å². The molecule has 0 bridgehead atoms. The number of nitrogens with two attached hydrogens (primary N) is 1. The zero-order chi connectivity index (χ0) is 23.9. The van der Waals surface area contributed by atoms with Gasteiger partial charge in [0.25, 0.3) is 11.8 Å². The number of alkyl halides is 2. The molecule has 1 unspecified atom stereocenters. The summed E-state index contributed by atoms with van der Waals surface area (Å²) in [4.78, 5) is 33.5. The fourth-order valence-electron chi connectivity index (χ4n) is 5.48. The summed E-state index contributed by atoms with van der Waals surface area (Å²) in [6, 6.07) is 1.93. The lowest BCUT2D eigenvalue weighted by atomic mass is 9.77. The summed E-state index contributed by atoms with van der Waals surface area (Å²) in [5, 5.41) is 0. The first-order valence-corrected chi connectivity index (χ1v) is 12.3. The molecule has 1 aromatic rings. The van der Waals surface area contributed by atoms with Crippen LogP contribution in [0.3, 0.4) is 0 Å². The van der Waals surface area contributed by atoms with Crippen LogP contribution >= 0.6 is 0 Å². The zero-order valence-corrected chi connectivity index (χ0v) is 19.3. The van der Waals surface area contributed by atoms with Crippen LogP contribution in [-0.2, 0) is 20.7 Å². The van der Waals surface area contributed by atoms with Crippen LogP contribution in [0.1, 0.15) is 44.1 Å². The van der Waals surface area contributed by atoms with E-state index in [2.05, 4.69) is 14.8 Å². The molecule has 10 heteroatoms. The fraction of sp³-hybridized carbons (Fsp3) is 0.708. The van der Waals surface area contributed by atoms with Crippen LogP contribution in [-0.4, -0.2) is 72.6 Å². The number of hydrogen-bond acceptors (Lipinski definition) is 7. The van der Waals surface area contributed by atoms with Crippen molar-refractivity contribution in [3.63, 3.8) is 0 Å². The van der Waals surface area contributed by atoms with Crippen LogP contribution < -0.4 is 15.4 Å². The molecular formula is C24H32F2N4O4. The van der Waals surface area contributed by atoms with Crippen molar-refractivity contribution < 1.29 is 27.8 Å². The lowest BCUT2D eigenvalue weighted by molar-refractivity contribution is -0.175. The topological polar surface area (TPSA) is 98.0 Å². The van der Waals surface area contributed by atoms with Crippen LogP contribution in [0.4, 0.5) is 14.6 Å². The number of fused-ring (bicyclic) bond motifs is 1. The number of piperazine rings is 1. The van der Waals surface area contributed by atoms with Gasteiger partial charge in [0, 0.05) is 50.8 Å². The zero-order valence-electron chi connectivity index (χ0n) is 19.3. The molecule has 1 amide bonds. The van der Waals surface area contributed by atoms with Gasteiger partial charge in [-0.25, -0.2) is 13.8 Å². The summed E-state index contributed by atoms with van der Waals surface area (Å²) in [6.07, 6.45) is 5.19. The summed E-state index contributed by atoms with van der Waals surface area (Å²) in [5.74, 6) is -3.78. The van der Waals surface area contributed by atoms with Gasteiger partial charge in [-0.05, 0) is 50.6 Å². The number of primary amides is 1.